The van der Waals surface area contributed by atoms with E-state index in [1.54, 1.807) is 19.2 Å². The Kier molecular flexibility index (Phi) is 4.34. The zero-order chi connectivity index (χ0) is 12.1. The number of rotatable bonds is 4. The third-order valence-electron chi connectivity index (χ3n) is 3.00. The molecule has 1 aromatic carbocycles. The van der Waals surface area contributed by atoms with Gasteiger partial charge in [-0.1, -0.05) is 0 Å². The van der Waals surface area contributed by atoms with Crippen molar-refractivity contribution >= 4 is 0 Å². The van der Waals surface area contributed by atoms with E-state index in [0.29, 0.717) is 6.04 Å². The summed E-state index contributed by atoms with van der Waals surface area (Å²) in [6, 6.07) is 5.00. The number of hydrogen-bond donors (Lipinski definition) is 1. The van der Waals surface area contributed by atoms with Crippen molar-refractivity contribution in [2.75, 3.05) is 26.9 Å². The van der Waals surface area contributed by atoms with Crippen LogP contribution in [0.15, 0.2) is 18.2 Å². The number of methoxy groups -OCH3 is 1. The SMILES string of the molecule is COc1ccc(F)cc1CCC1COCCN1. The van der Waals surface area contributed by atoms with Gasteiger partial charge in [-0.15, -0.1) is 0 Å². The van der Waals surface area contributed by atoms with Gasteiger partial charge in [-0.2, -0.15) is 0 Å². The maximum absolute atomic E-state index is 13.2. The zero-order valence-corrected chi connectivity index (χ0v) is 10.0. The molecule has 2 rings (SSSR count). The van der Waals surface area contributed by atoms with E-state index in [0.717, 1.165) is 43.9 Å². The second-order valence-electron chi connectivity index (χ2n) is 4.22. The van der Waals surface area contributed by atoms with Gasteiger partial charge < -0.3 is 14.8 Å². The molecule has 0 radical (unpaired) electrons. The van der Waals surface area contributed by atoms with Crippen molar-refractivity contribution < 1.29 is 13.9 Å². The lowest BCUT2D eigenvalue weighted by molar-refractivity contribution is 0.0743. The number of hydrogen-bond acceptors (Lipinski definition) is 3. The average molecular weight is 239 g/mol. The van der Waals surface area contributed by atoms with Crippen LogP contribution in [0.25, 0.3) is 0 Å². The summed E-state index contributed by atoms with van der Waals surface area (Å²) in [5.41, 5.74) is 0.917. The Morgan fingerprint density at radius 3 is 3.12 bits per heavy atom. The summed E-state index contributed by atoms with van der Waals surface area (Å²) in [6.07, 6.45) is 1.72. The molecule has 4 heteroatoms. The van der Waals surface area contributed by atoms with Gasteiger partial charge in [0.1, 0.15) is 11.6 Å². The van der Waals surface area contributed by atoms with Crippen LogP contribution in [-0.4, -0.2) is 32.9 Å². The van der Waals surface area contributed by atoms with Crippen molar-refractivity contribution in [3.8, 4) is 5.75 Å². The lowest BCUT2D eigenvalue weighted by Crippen LogP contribution is -2.41. The fraction of sp³-hybridized carbons (Fsp3) is 0.538. The quantitative estimate of drug-likeness (QED) is 0.868. The summed E-state index contributed by atoms with van der Waals surface area (Å²) in [5.74, 6) is 0.539. The Labute approximate surface area is 101 Å². The topological polar surface area (TPSA) is 30.5 Å². The Hall–Kier alpha value is -1.13. The molecule has 0 amide bonds. The van der Waals surface area contributed by atoms with Crippen LogP contribution in [-0.2, 0) is 11.2 Å². The molecule has 1 saturated heterocycles. The van der Waals surface area contributed by atoms with E-state index < -0.39 is 0 Å². The van der Waals surface area contributed by atoms with Gasteiger partial charge in [-0.3, -0.25) is 0 Å². The number of morpholine rings is 1. The second kappa shape index (κ2) is 5.98. The van der Waals surface area contributed by atoms with E-state index in [-0.39, 0.29) is 5.82 Å². The molecule has 3 nitrogen and oxygen atoms in total. The smallest absolute Gasteiger partial charge is 0.123 e. The van der Waals surface area contributed by atoms with Crippen LogP contribution in [0.1, 0.15) is 12.0 Å². The van der Waals surface area contributed by atoms with E-state index in [1.165, 1.54) is 6.07 Å². The van der Waals surface area contributed by atoms with Crippen LogP contribution >= 0.6 is 0 Å². The third-order valence-corrected chi connectivity index (χ3v) is 3.00. The third kappa shape index (κ3) is 3.41. The molecule has 1 aromatic rings. The summed E-state index contributed by atoms with van der Waals surface area (Å²) in [7, 11) is 1.61. The highest BCUT2D eigenvalue weighted by Crippen LogP contribution is 2.21. The van der Waals surface area contributed by atoms with Crippen molar-refractivity contribution in [2.45, 2.75) is 18.9 Å². The van der Waals surface area contributed by atoms with Gasteiger partial charge in [-0.05, 0) is 36.6 Å². The normalized spacial score (nSPS) is 20.2. The van der Waals surface area contributed by atoms with Gasteiger partial charge in [0, 0.05) is 12.6 Å². The highest BCUT2D eigenvalue weighted by atomic mass is 19.1. The first-order chi connectivity index (χ1) is 8.29. The molecule has 1 N–H and O–H groups in total. The fourth-order valence-corrected chi connectivity index (χ4v) is 2.08. The van der Waals surface area contributed by atoms with Crippen LogP contribution in [0.2, 0.25) is 0 Å². The minimum Gasteiger partial charge on any atom is -0.496 e. The average Bonchev–Trinajstić information content (AvgIpc) is 2.38. The number of ether oxygens (including phenoxy) is 2. The highest BCUT2D eigenvalue weighted by Gasteiger charge is 2.14. The molecule has 1 heterocycles. The minimum atomic E-state index is -0.214. The molecular weight excluding hydrogens is 221 g/mol. The van der Waals surface area contributed by atoms with Crippen molar-refractivity contribution in [3.05, 3.63) is 29.6 Å². The summed E-state index contributed by atoms with van der Waals surface area (Å²) in [5, 5.41) is 3.38. The lowest BCUT2D eigenvalue weighted by Gasteiger charge is -2.23. The van der Waals surface area contributed by atoms with Crippen LogP contribution in [0, 0.1) is 5.82 Å². The Morgan fingerprint density at radius 2 is 2.41 bits per heavy atom. The van der Waals surface area contributed by atoms with Gasteiger partial charge in [0.2, 0.25) is 0 Å². The molecular formula is C13H18FNO2. The molecule has 1 fully saturated rings. The molecule has 1 aliphatic heterocycles. The Bertz CT molecular complexity index is 364. The van der Waals surface area contributed by atoms with E-state index in [1.807, 2.05) is 0 Å². The number of halogens is 1. The number of benzene rings is 1. The number of nitrogens with one attached hydrogen (secondary N) is 1. The number of aryl methyl sites for hydroxylation is 1. The summed E-state index contributed by atoms with van der Waals surface area (Å²) < 4.78 is 23.8. The van der Waals surface area contributed by atoms with E-state index in [2.05, 4.69) is 5.32 Å². The zero-order valence-electron chi connectivity index (χ0n) is 10.0. The maximum atomic E-state index is 13.2. The molecule has 0 aromatic heterocycles. The molecule has 1 atom stereocenters. The van der Waals surface area contributed by atoms with Crippen molar-refractivity contribution in [1.29, 1.82) is 0 Å². The monoisotopic (exact) mass is 239 g/mol. The van der Waals surface area contributed by atoms with Gasteiger partial charge in [0.05, 0.1) is 20.3 Å². The largest absolute Gasteiger partial charge is 0.496 e. The molecule has 1 aliphatic rings. The minimum absolute atomic E-state index is 0.214. The van der Waals surface area contributed by atoms with Crippen LogP contribution < -0.4 is 10.1 Å². The van der Waals surface area contributed by atoms with Gasteiger partial charge in [-0.25, -0.2) is 4.39 Å². The summed E-state index contributed by atoms with van der Waals surface area (Å²) in [4.78, 5) is 0. The first kappa shape index (κ1) is 12.3. The van der Waals surface area contributed by atoms with Crippen molar-refractivity contribution in [3.63, 3.8) is 0 Å². The molecule has 17 heavy (non-hydrogen) atoms. The summed E-state index contributed by atoms with van der Waals surface area (Å²) in [6.45, 7) is 2.41. The van der Waals surface area contributed by atoms with Crippen LogP contribution in [0.3, 0.4) is 0 Å². The molecule has 0 bridgehead atoms. The van der Waals surface area contributed by atoms with Crippen LogP contribution in [0.5, 0.6) is 5.75 Å². The fourth-order valence-electron chi connectivity index (χ4n) is 2.08. The van der Waals surface area contributed by atoms with Gasteiger partial charge >= 0.3 is 0 Å². The standard InChI is InChI=1S/C13H18FNO2/c1-16-13-5-3-11(14)8-10(13)2-4-12-9-17-7-6-15-12/h3,5,8,12,15H,2,4,6-7,9H2,1H3. The highest BCUT2D eigenvalue weighted by molar-refractivity contribution is 5.34. The van der Waals surface area contributed by atoms with E-state index in [9.17, 15) is 4.39 Å². The summed E-state index contributed by atoms with van der Waals surface area (Å²) >= 11 is 0. The van der Waals surface area contributed by atoms with Gasteiger partial charge in [0.25, 0.3) is 0 Å². The van der Waals surface area contributed by atoms with Gasteiger partial charge in [0.15, 0.2) is 0 Å². The molecule has 0 spiro atoms. The first-order valence-corrected chi connectivity index (χ1v) is 5.93. The van der Waals surface area contributed by atoms with Crippen LogP contribution in [0.4, 0.5) is 4.39 Å². The van der Waals surface area contributed by atoms with E-state index in [4.69, 9.17) is 9.47 Å². The maximum Gasteiger partial charge on any atom is 0.123 e. The van der Waals surface area contributed by atoms with Crippen molar-refractivity contribution in [1.82, 2.24) is 5.32 Å². The predicted molar refractivity (Wildman–Crippen MR) is 63.9 cm³/mol. The Balaban J connectivity index is 1.95. The molecule has 0 saturated carbocycles. The first-order valence-electron chi connectivity index (χ1n) is 5.93. The molecule has 94 valence electrons. The second-order valence-corrected chi connectivity index (χ2v) is 4.22. The lowest BCUT2D eigenvalue weighted by atomic mass is 10.0. The molecule has 1 unspecified atom stereocenters. The predicted octanol–water partition coefficient (Wildman–Crippen LogP) is 1.76. The Morgan fingerprint density at radius 1 is 1.53 bits per heavy atom. The molecule has 0 aliphatic carbocycles. The van der Waals surface area contributed by atoms with E-state index >= 15 is 0 Å². The van der Waals surface area contributed by atoms with Crippen molar-refractivity contribution in [2.24, 2.45) is 0 Å².